The van der Waals surface area contributed by atoms with Crippen LogP contribution in [0.25, 0.3) is 0 Å². The number of aromatic nitrogens is 2. The van der Waals surface area contributed by atoms with E-state index in [0.29, 0.717) is 5.82 Å². The molecule has 0 atom stereocenters. The minimum Gasteiger partial charge on any atom is -0.383 e. The Morgan fingerprint density at radius 2 is 2.23 bits per heavy atom. The van der Waals surface area contributed by atoms with E-state index in [0.717, 1.165) is 17.5 Å². The Hall–Kier alpha value is -0.970. The highest BCUT2D eigenvalue weighted by molar-refractivity contribution is 7.98. The molecule has 13 heavy (non-hydrogen) atoms. The SMILES string of the molecule is CCN(C)c1cc(N)nc(SC)n1. The molecule has 0 aliphatic carbocycles. The molecule has 0 fully saturated rings. The minimum absolute atomic E-state index is 0.523. The molecule has 0 amide bonds. The molecule has 1 heterocycles. The van der Waals surface area contributed by atoms with E-state index in [1.54, 1.807) is 6.07 Å². The van der Waals surface area contributed by atoms with Crippen molar-refractivity contribution >= 4 is 23.4 Å². The Labute approximate surface area is 82.6 Å². The van der Waals surface area contributed by atoms with Crippen molar-refractivity contribution in [3.63, 3.8) is 0 Å². The van der Waals surface area contributed by atoms with E-state index in [1.807, 2.05) is 18.2 Å². The van der Waals surface area contributed by atoms with Gasteiger partial charge in [0.25, 0.3) is 0 Å². The Morgan fingerprint density at radius 1 is 1.54 bits per heavy atom. The average molecular weight is 198 g/mol. The minimum atomic E-state index is 0.523. The molecule has 0 aliphatic rings. The molecule has 0 aromatic carbocycles. The van der Waals surface area contributed by atoms with Gasteiger partial charge in [0.1, 0.15) is 11.6 Å². The summed E-state index contributed by atoms with van der Waals surface area (Å²) in [5.74, 6) is 1.40. The zero-order valence-electron chi connectivity index (χ0n) is 8.11. The van der Waals surface area contributed by atoms with E-state index < -0.39 is 0 Å². The number of nitrogens with two attached hydrogens (primary N) is 1. The molecule has 0 saturated carbocycles. The van der Waals surface area contributed by atoms with Crippen LogP contribution >= 0.6 is 11.8 Å². The van der Waals surface area contributed by atoms with E-state index in [-0.39, 0.29) is 0 Å². The summed E-state index contributed by atoms with van der Waals surface area (Å²) < 4.78 is 0. The Morgan fingerprint density at radius 3 is 2.77 bits per heavy atom. The average Bonchev–Trinajstić information content (AvgIpc) is 2.15. The Bertz CT molecular complexity index is 289. The molecule has 0 unspecified atom stereocenters. The lowest BCUT2D eigenvalue weighted by Gasteiger charge is -2.15. The maximum absolute atomic E-state index is 5.64. The lowest BCUT2D eigenvalue weighted by molar-refractivity contribution is 0.886. The van der Waals surface area contributed by atoms with Crippen molar-refractivity contribution < 1.29 is 0 Å². The summed E-state index contributed by atoms with van der Waals surface area (Å²) in [5, 5.41) is 0.718. The van der Waals surface area contributed by atoms with E-state index >= 15 is 0 Å². The van der Waals surface area contributed by atoms with Gasteiger partial charge in [-0.3, -0.25) is 0 Å². The van der Waals surface area contributed by atoms with Crippen LogP contribution in [0.3, 0.4) is 0 Å². The van der Waals surface area contributed by atoms with Gasteiger partial charge in [-0.05, 0) is 13.2 Å². The van der Waals surface area contributed by atoms with Crippen LogP contribution < -0.4 is 10.6 Å². The van der Waals surface area contributed by atoms with Gasteiger partial charge < -0.3 is 10.6 Å². The first-order valence-corrected chi connectivity index (χ1v) is 5.29. The zero-order valence-corrected chi connectivity index (χ0v) is 8.93. The maximum atomic E-state index is 5.64. The molecule has 0 aliphatic heterocycles. The van der Waals surface area contributed by atoms with Crippen LogP contribution in [0.2, 0.25) is 0 Å². The van der Waals surface area contributed by atoms with Crippen molar-refractivity contribution in [1.82, 2.24) is 9.97 Å². The van der Waals surface area contributed by atoms with Crippen molar-refractivity contribution in [2.24, 2.45) is 0 Å². The molecule has 0 spiro atoms. The third-order valence-electron chi connectivity index (χ3n) is 1.76. The van der Waals surface area contributed by atoms with E-state index in [2.05, 4.69) is 16.9 Å². The summed E-state index contributed by atoms with van der Waals surface area (Å²) >= 11 is 1.50. The fourth-order valence-corrected chi connectivity index (χ4v) is 1.26. The number of nitrogen functional groups attached to an aromatic ring is 1. The molecule has 0 saturated heterocycles. The molecule has 4 nitrogen and oxygen atoms in total. The standard InChI is InChI=1S/C8H14N4S/c1-4-12(2)7-5-6(9)10-8(11-7)13-3/h5H,4H2,1-3H3,(H2,9,10,11). The van der Waals surface area contributed by atoms with E-state index in [4.69, 9.17) is 5.73 Å². The van der Waals surface area contributed by atoms with Gasteiger partial charge in [0, 0.05) is 19.7 Å². The van der Waals surface area contributed by atoms with Gasteiger partial charge >= 0.3 is 0 Å². The lowest BCUT2D eigenvalue weighted by atomic mass is 10.5. The second-order valence-corrected chi connectivity index (χ2v) is 3.43. The molecule has 1 aromatic rings. The molecule has 1 aromatic heterocycles. The molecule has 72 valence electrons. The van der Waals surface area contributed by atoms with Crippen molar-refractivity contribution in [2.45, 2.75) is 12.1 Å². The topological polar surface area (TPSA) is 55.0 Å². The van der Waals surface area contributed by atoms with Gasteiger partial charge in [-0.25, -0.2) is 9.97 Å². The predicted molar refractivity (Wildman–Crippen MR) is 57.2 cm³/mol. The lowest BCUT2D eigenvalue weighted by Crippen LogP contribution is -2.18. The molecule has 0 radical (unpaired) electrons. The maximum Gasteiger partial charge on any atom is 0.191 e. The van der Waals surface area contributed by atoms with Crippen LogP contribution in [0, 0.1) is 0 Å². The molecule has 5 heteroatoms. The van der Waals surface area contributed by atoms with E-state index in [1.165, 1.54) is 11.8 Å². The Kier molecular flexibility index (Phi) is 3.36. The largest absolute Gasteiger partial charge is 0.383 e. The number of rotatable bonds is 3. The monoisotopic (exact) mass is 198 g/mol. The first-order chi connectivity index (χ1) is 6.17. The fourth-order valence-electron chi connectivity index (χ4n) is 0.879. The first kappa shape index (κ1) is 10.1. The number of nitrogens with zero attached hydrogens (tertiary/aromatic N) is 3. The van der Waals surface area contributed by atoms with Crippen LogP contribution in [-0.4, -0.2) is 29.8 Å². The predicted octanol–water partition coefficient (Wildman–Crippen LogP) is 1.24. The number of thioether (sulfide) groups is 1. The number of anilines is 2. The summed E-state index contributed by atoms with van der Waals surface area (Å²) in [4.78, 5) is 10.4. The summed E-state index contributed by atoms with van der Waals surface area (Å²) in [6.07, 6.45) is 1.94. The van der Waals surface area contributed by atoms with Gasteiger partial charge in [0.2, 0.25) is 0 Å². The number of hydrogen-bond acceptors (Lipinski definition) is 5. The second kappa shape index (κ2) is 4.32. The summed E-state index contributed by atoms with van der Waals surface area (Å²) in [5.41, 5.74) is 5.64. The highest BCUT2D eigenvalue weighted by Gasteiger charge is 2.04. The van der Waals surface area contributed by atoms with Gasteiger partial charge in [-0.1, -0.05) is 11.8 Å². The van der Waals surface area contributed by atoms with E-state index in [9.17, 15) is 0 Å². The van der Waals surface area contributed by atoms with Crippen molar-refractivity contribution in [3.8, 4) is 0 Å². The van der Waals surface area contributed by atoms with Crippen LogP contribution in [0.5, 0.6) is 0 Å². The summed E-state index contributed by atoms with van der Waals surface area (Å²) in [6.45, 7) is 2.97. The van der Waals surface area contributed by atoms with Crippen LogP contribution in [-0.2, 0) is 0 Å². The third kappa shape index (κ3) is 2.48. The molecule has 0 bridgehead atoms. The fraction of sp³-hybridized carbons (Fsp3) is 0.500. The Balaban J connectivity index is 3.01. The highest BCUT2D eigenvalue weighted by Crippen LogP contribution is 2.17. The third-order valence-corrected chi connectivity index (χ3v) is 2.31. The molecular weight excluding hydrogens is 184 g/mol. The molecule has 2 N–H and O–H groups in total. The molecular formula is C8H14N4S. The normalized spacial score (nSPS) is 10.1. The van der Waals surface area contributed by atoms with Gasteiger partial charge in [0.15, 0.2) is 5.16 Å². The second-order valence-electron chi connectivity index (χ2n) is 2.65. The van der Waals surface area contributed by atoms with Crippen molar-refractivity contribution in [2.75, 3.05) is 30.5 Å². The smallest absolute Gasteiger partial charge is 0.191 e. The van der Waals surface area contributed by atoms with Crippen LogP contribution in [0.4, 0.5) is 11.6 Å². The van der Waals surface area contributed by atoms with Crippen molar-refractivity contribution in [1.29, 1.82) is 0 Å². The number of hydrogen-bond donors (Lipinski definition) is 1. The van der Waals surface area contributed by atoms with Gasteiger partial charge in [0.05, 0.1) is 0 Å². The highest BCUT2D eigenvalue weighted by atomic mass is 32.2. The van der Waals surface area contributed by atoms with Crippen LogP contribution in [0.1, 0.15) is 6.92 Å². The van der Waals surface area contributed by atoms with Gasteiger partial charge in [-0.2, -0.15) is 0 Å². The summed E-state index contributed by atoms with van der Waals surface area (Å²) in [7, 11) is 1.98. The summed E-state index contributed by atoms with van der Waals surface area (Å²) in [6, 6.07) is 1.78. The van der Waals surface area contributed by atoms with Crippen molar-refractivity contribution in [3.05, 3.63) is 6.07 Å². The quantitative estimate of drug-likeness (QED) is 0.585. The molecule has 1 rings (SSSR count). The van der Waals surface area contributed by atoms with Crippen LogP contribution in [0.15, 0.2) is 11.2 Å². The van der Waals surface area contributed by atoms with Gasteiger partial charge in [-0.15, -0.1) is 0 Å². The zero-order chi connectivity index (χ0) is 9.84. The first-order valence-electron chi connectivity index (χ1n) is 4.07.